The maximum absolute atomic E-state index is 6.18. The van der Waals surface area contributed by atoms with Crippen LogP contribution in [0.1, 0.15) is 36.7 Å². The summed E-state index contributed by atoms with van der Waals surface area (Å²) in [6.07, 6.45) is 3.25. The number of aromatic nitrogens is 1. The second-order valence-electron chi connectivity index (χ2n) is 4.63. The Morgan fingerprint density at radius 3 is 2.59 bits per heavy atom. The van der Waals surface area contributed by atoms with Gasteiger partial charge in [-0.25, -0.2) is 4.98 Å². The second-order valence-corrected chi connectivity index (χ2v) is 5.04. The Hall–Kier alpha value is -1.28. The van der Waals surface area contributed by atoms with Crippen LogP contribution in [0.3, 0.4) is 0 Å². The van der Waals surface area contributed by atoms with Crippen molar-refractivity contribution in [3.63, 3.8) is 0 Å². The third-order valence-electron chi connectivity index (χ3n) is 2.98. The van der Waals surface area contributed by atoms with E-state index in [1.807, 2.05) is 19.1 Å². The summed E-state index contributed by atoms with van der Waals surface area (Å²) < 4.78 is 5.43. The first-order chi connectivity index (χ1) is 8.09. The van der Waals surface area contributed by atoms with Gasteiger partial charge in [0.1, 0.15) is 5.76 Å². The highest BCUT2D eigenvalue weighted by Gasteiger charge is 2.21. The monoisotopic (exact) mass is 249 g/mol. The number of nitrogens with zero attached hydrogens (tertiary/aromatic N) is 1. The van der Waals surface area contributed by atoms with E-state index in [1.54, 1.807) is 6.20 Å². The topological polar surface area (TPSA) is 26.0 Å². The molecule has 0 fully saturated rings. The van der Waals surface area contributed by atoms with Gasteiger partial charge >= 0.3 is 0 Å². The van der Waals surface area contributed by atoms with Crippen molar-refractivity contribution in [3.8, 4) is 0 Å². The van der Waals surface area contributed by atoms with E-state index in [4.69, 9.17) is 16.0 Å². The minimum absolute atomic E-state index is 0.204. The predicted octanol–water partition coefficient (Wildman–Crippen LogP) is 4.42. The smallest absolute Gasteiger partial charge is 0.180 e. The van der Waals surface area contributed by atoms with Gasteiger partial charge in [0.2, 0.25) is 0 Å². The molecule has 0 aliphatic heterocycles. The second kappa shape index (κ2) is 4.92. The molecule has 3 heteroatoms. The Balaban J connectivity index is 2.43. The van der Waals surface area contributed by atoms with E-state index in [-0.39, 0.29) is 5.92 Å². The zero-order valence-electron chi connectivity index (χ0n) is 10.3. The van der Waals surface area contributed by atoms with Crippen LogP contribution in [-0.4, -0.2) is 4.98 Å². The Morgan fingerprint density at radius 1 is 1.29 bits per heavy atom. The lowest BCUT2D eigenvalue weighted by atomic mass is 9.86. The maximum atomic E-state index is 6.18. The summed E-state index contributed by atoms with van der Waals surface area (Å²) in [4.78, 5) is 3.99. The van der Waals surface area contributed by atoms with Crippen molar-refractivity contribution in [2.45, 2.75) is 26.7 Å². The summed E-state index contributed by atoms with van der Waals surface area (Å²) in [5.41, 5.74) is 2.27. The fraction of sp³-hybridized carbons (Fsp3) is 0.357. The highest BCUT2D eigenvalue weighted by Crippen LogP contribution is 2.33. The highest BCUT2D eigenvalue weighted by atomic mass is 35.5. The number of rotatable bonds is 3. The van der Waals surface area contributed by atoms with E-state index in [1.165, 1.54) is 12.0 Å². The molecule has 0 unspecified atom stereocenters. The van der Waals surface area contributed by atoms with Gasteiger partial charge in [-0.05, 0) is 30.0 Å². The number of hydrogen-bond donors (Lipinski definition) is 0. The van der Waals surface area contributed by atoms with Crippen LogP contribution in [0.2, 0.25) is 5.02 Å². The van der Waals surface area contributed by atoms with Crippen molar-refractivity contribution in [3.05, 3.63) is 52.7 Å². The first kappa shape index (κ1) is 12.2. The molecule has 0 spiro atoms. The average molecular weight is 250 g/mol. The normalized spacial score (nSPS) is 13.0. The number of hydrogen-bond acceptors (Lipinski definition) is 2. The lowest BCUT2D eigenvalue weighted by Gasteiger charge is -2.19. The van der Waals surface area contributed by atoms with Gasteiger partial charge in [0.05, 0.1) is 6.20 Å². The molecule has 2 aromatic rings. The number of aryl methyl sites for hydroxylation is 1. The van der Waals surface area contributed by atoms with Crippen LogP contribution in [-0.2, 0) is 0 Å². The molecule has 0 aliphatic rings. The molecule has 1 heterocycles. The third kappa shape index (κ3) is 2.52. The van der Waals surface area contributed by atoms with E-state index in [2.05, 4.69) is 24.9 Å². The van der Waals surface area contributed by atoms with Crippen LogP contribution in [0.4, 0.5) is 0 Å². The minimum atomic E-state index is 0.204. The number of halogens is 1. The molecule has 1 atom stereocenters. The first-order valence-electron chi connectivity index (χ1n) is 5.74. The van der Waals surface area contributed by atoms with Crippen molar-refractivity contribution < 1.29 is 4.42 Å². The summed E-state index contributed by atoms with van der Waals surface area (Å²) in [6.45, 7) is 6.34. The summed E-state index contributed by atoms with van der Waals surface area (Å²) >= 11 is 6.18. The van der Waals surface area contributed by atoms with Gasteiger partial charge in [-0.3, -0.25) is 0 Å². The largest absolute Gasteiger partial charge is 0.448 e. The van der Waals surface area contributed by atoms with Crippen LogP contribution in [0, 0.1) is 12.8 Å². The Kier molecular flexibility index (Phi) is 3.53. The quantitative estimate of drug-likeness (QED) is 0.805. The fourth-order valence-electron chi connectivity index (χ4n) is 2.06. The third-order valence-corrected chi connectivity index (χ3v) is 3.39. The van der Waals surface area contributed by atoms with Gasteiger partial charge in [0, 0.05) is 10.9 Å². The molecule has 17 heavy (non-hydrogen) atoms. The zero-order valence-corrected chi connectivity index (χ0v) is 11.0. The molecule has 90 valence electrons. The lowest BCUT2D eigenvalue weighted by Crippen LogP contribution is -2.07. The maximum Gasteiger partial charge on any atom is 0.180 e. The molecule has 0 saturated carbocycles. The highest BCUT2D eigenvalue weighted by molar-refractivity contribution is 6.31. The first-order valence-corrected chi connectivity index (χ1v) is 6.12. The van der Waals surface area contributed by atoms with E-state index in [9.17, 15) is 0 Å². The van der Waals surface area contributed by atoms with Gasteiger partial charge < -0.3 is 4.42 Å². The summed E-state index contributed by atoms with van der Waals surface area (Å²) in [5, 5.41) is 0.799. The SMILES string of the molecule is Cc1ccc([C@H](c2cnco2)C(C)C)cc1Cl. The van der Waals surface area contributed by atoms with Gasteiger partial charge in [-0.15, -0.1) is 0 Å². The van der Waals surface area contributed by atoms with Crippen molar-refractivity contribution in [1.29, 1.82) is 0 Å². The van der Waals surface area contributed by atoms with Crippen LogP contribution in [0.5, 0.6) is 0 Å². The van der Waals surface area contributed by atoms with Gasteiger partial charge in [0.25, 0.3) is 0 Å². The zero-order chi connectivity index (χ0) is 12.4. The Labute approximate surface area is 107 Å². The van der Waals surface area contributed by atoms with E-state index < -0.39 is 0 Å². The van der Waals surface area contributed by atoms with Gasteiger partial charge in [0.15, 0.2) is 6.39 Å². The van der Waals surface area contributed by atoms with Gasteiger partial charge in [-0.1, -0.05) is 37.6 Å². The van der Waals surface area contributed by atoms with E-state index >= 15 is 0 Å². The van der Waals surface area contributed by atoms with Crippen molar-refractivity contribution in [1.82, 2.24) is 4.98 Å². The molecular weight excluding hydrogens is 234 g/mol. The Morgan fingerprint density at radius 2 is 2.06 bits per heavy atom. The predicted molar refractivity (Wildman–Crippen MR) is 69.4 cm³/mol. The van der Waals surface area contributed by atoms with E-state index in [0.717, 1.165) is 16.3 Å². The molecule has 0 amide bonds. The standard InChI is InChI=1S/C14H16ClNO/c1-9(2)14(13-7-16-8-17-13)11-5-4-10(3)12(15)6-11/h4-9,14H,1-3H3/t14-/m1/s1. The summed E-state index contributed by atoms with van der Waals surface area (Å²) in [5.74, 6) is 1.53. The lowest BCUT2D eigenvalue weighted by molar-refractivity contribution is 0.429. The average Bonchev–Trinajstić information content (AvgIpc) is 2.76. The molecule has 0 bridgehead atoms. The molecule has 1 aromatic heterocycles. The minimum Gasteiger partial charge on any atom is -0.448 e. The number of benzene rings is 1. The summed E-state index contributed by atoms with van der Waals surface area (Å²) in [7, 11) is 0. The molecule has 0 saturated heterocycles. The molecule has 2 nitrogen and oxygen atoms in total. The Bertz CT molecular complexity index is 491. The molecule has 0 N–H and O–H groups in total. The molecular formula is C14H16ClNO. The van der Waals surface area contributed by atoms with E-state index in [0.29, 0.717) is 5.92 Å². The van der Waals surface area contributed by atoms with Crippen molar-refractivity contribution in [2.24, 2.45) is 5.92 Å². The molecule has 1 aromatic carbocycles. The van der Waals surface area contributed by atoms with Crippen LogP contribution >= 0.6 is 11.6 Å². The molecule has 0 radical (unpaired) electrons. The van der Waals surface area contributed by atoms with Crippen molar-refractivity contribution >= 4 is 11.6 Å². The van der Waals surface area contributed by atoms with Crippen LogP contribution in [0.25, 0.3) is 0 Å². The van der Waals surface area contributed by atoms with Crippen LogP contribution < -0.4 is 0 Å². The van der Waals surface area contributed by atoms with Crippen LogP contribution in [0.15, 0.2) is 35.2 Å². The van der Waals surface area contributed by atoms with Crippen molar-refractivity contribution in [2.75, 3.05) is 0 Å². The molecule has 0 aliphatic carbocycles. The molecule has 2 rings (SSSR count). The number of oxazole rings is 1. The fourth-order valence-corrected chi connectivity index (χ4v) is 2.25. The summed E-state index contributed by atoms with van der Waals surface area (Å²) in [6, 6.07) is 6.17. The van der Waals surface area contributed by atoms with Gasteiger partial charge in [-0.2, -0.15) is 0 Å².